The third-order valence-corrected chi connectivity index (χ3v) is 5.41. The second-order valence-corrected chi connectivity index (χ2v) is 7.97. The number of hydrogen-bond donors (Lipinski definition) is 0. The van der Waals surface area contributed by atoms with Crippen LogP contribution in [0.5, 0.6) is 11.5 Å². The number of nitrogens with zero attached hydrogens (tertiary/aromatic N) is 1. The van der Waals surface area contributed by atoms with Gasteiger partial charge in [-0.2, -0.15) is 0 Å². The number of rotatable bonds is 8. The fourth-order valence-corrected chi connectivity index (χ4v) is 3.01. The Labute approximate surface area is 178 Å². The molecule has 0 spiro atoms. The number of oxazole rings is 1. The highest BCUT2D eigenvalue weighted by Crippen LogP contribution is 2.32. The van der Waals surface area contributed by atoms with Crippen molar-refractivity contribution in [3.8, 4) is 23.0 Å². The Morgan fingerprint density at radius 3 is 2.30 bits per heavy atom. The molecule has 0 fully saturated rings. The number of carbonyl (C=O) groups excluding carboxylic acids is 1. The van der Waals surface area contributed by atoms with E-state index in [1.54, 1.807) is 13.8 Å². The molecule has 5 heteroatoms. The highest BCUT2D eigenvalue weighted by atomic mass is 16.5. The van der Waals surface area contributed by atoms with Crippen LogP contribution in [0.3, 0.4) is 0 Å². The molecule has 1 heterocycles. The van der Waals surface area contributed by atoms with E-state index in [1.807, 2.05) is 63.2 Å². The summed E-state index contributed by atoms with van der Waals surface area (Å²) in [4.78, 5) is 16.4. The van der Waals surface area contributed by atoms with Crippen LogP contribution in [0.2, 0.25) is 0 Å². The van der Waals surface area contributed by atoms with Crippen molar-refractivity contribution in [2.75, 3.05) is 6.61 Å². The van der Waals surface area contributed by atoms with Crippen LogP contribution in [0.15, 0.2) is 46.9 Å². The van der Waals surface area contributed by atoms with E-state index >= 15 is 0 Å². The molecule has 158 valence electrons. The summed E-state index contributed by atoms with van der Waals surface area (Å²) in [5.41, 5.74) is 2.95. The molecule has 1 aromatic heterocycles. The standard InChI is InChI=1S/C25H29NO4/c1-16-17(2)23(30-25(5,6)19(4)27)13-12-22(16)28-15-14-21-18(3)29-24(26-21)20-10-8-7-9-11-20/h7-13H,14-15H2,1-6H3. The summed E-state index contributed by atoms with van der Waals surface area (Å²) in [6, 6.07) is 13.6. The van der Waals surface area contributed by atoms with Crippen molar-refractivity contribution in [3.63, 3.8) is 0 Å². The lowest BCUT2D eigenvalue weighted by atomic mass is 10.0. The van der Waals surface area contributed by atoms with Gasteiger partial charge in [-0.1, -0.05) is 18.2 Å². The molecule has 0 saturated carbocycles. The van der Waals surface area contributed by atoms with Crippen molar-refractivity contribution in [1.29, 1.82) is 0 Å². The van der Waals surface area contributed by atoms with Crippen molar-refractivity contribution < 1.29 is 18.7 Å². The first kappa shape index (κ1) is 21.6. The number of Topliss-reactive ketones (excluding diaryl/α,β-unsaturated/α-hetero) is 1. The molecule has 2 aromatic carbocycles. The molecule has 3 rings (SSSR count). The first-order valence-corrected chi connectivity index (χ1v) is 10.1. The Kier molecular flexibility index (Phi) is 6.30. The zero-order valence-electron chi connectivity index (χ0n) is 18.5. The number of aromatic nitrogens is 1. The second kappa shape index (κ2) is 8.74. The molecule has 0 radical (unpaired) electrons. The summed E-state index contributed by atoms with van der Waals surface area (Å²) in [6.45, 7) is 11.5. The minimum atomic E-state index is -0.861. The lowest BCUT2D eigenvalue weighted by Crippen LogP contribution is -2.36. The molecule has 0 aliphatic carbocycles. The third-order valence-electron chi connectivity index (χ3n) is 5.41. The molecule has 5 nitrogen and oxygen atoms in total. The third kappa shape index (κ3) is 4.73. The minimum Gasteiger partial charge on any atom is -0.493 e. The van der Waals surface area contributed by atoms with E-state index in [2.05, 4.69) is 4.98 Å². The maximum absolute atomic E-state index is 11.8. The molecule has 30 heavy (non-hydrogen) atoms. The van der Waals surface area contributed by atoms with E-state index in [4.69, 9.17) is 13.9 Å². The monoisotopic (exact) mass is 407 g/mol. The van der Waals surface area contributed by atoms with Gasteiger partial charge < -0.3 is 13.9 Å². The van der Waals surface area contributed by atoms with E-state index in [-0.39, 0.29) is 5.78 Å². The van der Waals surface area contributed by atoms with Gasteiger partial charge in [0.2, 0.25) is 5.89 Å². The Balaban J connectivity index is 1.66. The van der Waals surface area contributed by atoms with Crippen LogP contribution in [-0.2, 0) is 11.2 Å². The van der Waals surface area contributed by atoms with Crippen molar-refractivity contribution >= 4 is 5.78 Å². The predicted octanol–water partition coefficient (Wildman–Crippen LogP) is 5.63. The summed E-state index contributed by atoms with van der Waals surface area (Å²) < 4.78 is 17.8. The van der Waals surface area contributed by atoms with E-state index in [9.17, 15) is 4.79 Å². The van der Waals surface area contributed by atoms with E-state index < -0.39 is 5.60 Å². The number of aryl methyl sites for hydroxylation is 1. The van der Waals surface area contributed by atoms with Gasteiger partial charge in [-0.25, -0.2) is 4.98 Å². The average Bonchev–Trinajstić information content (AvgIpc) is 3.08. The number of carbonyl (C=O) groups is 1. The molecule has 0 saturated heterocycles. The maximum atomic E-state index is 11.8. The van der Waals surface area contributed by atoms with Crippen LogP contribution in [0, 0.1) is 20.8 Å². The van der Waals surface area contributed by atoms with Crippen LogP contribution in [0.4, 0.5) is 0 Å². The maximum Gasteiger partial charge on any atom is 0.226 e. The molecule has 0 N–H and O–H groups in total. The normalized spacial score (nSPS) is 11.4. The Morgan fingerprint density at radius 2 is 1.63 bits per heavy atom. The van der Waals surface area contributed by atoms with Gasteiger partial charge in [0.1, 0.15) is 17.3 Å². The quantitative estimate of drug-likeness (QED) is 0.484. The molecule has 0 aliphatic rings. The lowest BCUT2D eigenvalue weighted by molar-refractivity contribution is -0.129. The van der Waals surface area contributed by atoms with E-state index in [0.29, 0.717) is 24.7 Å². The van der Waals surface area contributed by atoms with Gasteiger partial charge in [-0.3, -0.25) is 4.79 Å². The highest BCUT2D eigenvalue weighted by Gasteiger charge is 2.26. The molecule has 0 amide bonds. The first-order chi connectivity index (χ1) is 14.2. The van der Waals surface area contributed by atoms with Crippen LogP contribution >= 0.6 is 0 Å². The number of ketones is 1. The van der Waals surface area contributed by atoms with Crippen LogP contribution < -0.4 is 9.47 Å². The SMILES string of the molecule is CC(=O)C(C)(C)Oc1ccc(OCCc2nc(-c3ccccc3)oc2C)c(C)c1C. The van der Waals surface area contributed by atoms with Crippen molar-refractivity contribution in [2.45, 2.75) is 53.6 Å². The molecule has 0 atom stereocenters. The lowest BCUT2D eigenvalue weighted by Gasteiger charge is -2.25. The van der Waals surface area contributed by atoms with E-state index in [1.165, 1.54) is 6.92 Å². The summed E-state index contributed by atoms with van der Waals surface area (Å²) in [5, 5.41) is 0. The van der Waals surface area contributed by atoms with Crippen molar-refractivity contribution in [2.24, 2.45) is 0 Å². The largest absolute Gasteiger partial charge is 0.493 e. The molecule has 0 aliphatic heterocycles. The van der Waals surface area contributed by atoms with Gasteiger partial charge in [-0.15, -0.1) is 0 Å². The number of ether oxygens (including phenoxy) is 2. The van der Waals surface area contributed by atoms with Gasteiger partial charge in [-0.05, 0) is 76.9 Å². The zero-order chi connectivity index (χ0) is 21.9. The predicted molar refractivity (Wildman–Crippen MR) is 117 cm³/mol. The summed E-state index contributed by atoms with van der Waals surface area (Å²) in [6.07, 6.45) is 0.649. The molecular formula is C25H29NO4. The molecule has 3 aromatic rings. The number of benzene rings is 2. The summed E-state index contributed by atoms with van der Waals surface area (Å²) in [7, 11) is 0. The van der Waals surface area contributed by atoms with Crippen LogP contribution in [0.25, 0.3) is 11.5 Å². The van der Waals surface area contributed by atoms with Crippen LogP contribution in [-0.4, -0.2) is 23.0 Å². The summed E-state index contributed by atoms with van der Waals surface area (Å²) >= 11 is 0. The van der Waals surface area contributed by atoms with Gasteiger partial charge in [0.25, 0.3) is 0 Å². The second-order valence-electron chi connectivity index (χ2n) is 7.97. The number of hydrogen-bond acceptors (Lipinski definition) is 5. The Bertz CT molecular complexity index is 1030. The smallest absolute Gasteiger partial charge is 0.226 e. The van der Waals surface area contributed by atoms with Crippen molar-refractivity contribution in [3.05, 3.63) is 65.0 Å². The topological polar surface area (TPSA) is 61.6 Å². The molecule has 0 bridgehead atoms. The molecule has 0 unspecified atom stereocenters. The Morgan fingerprint density at radius 1 is 1.00 bits per heavy atom. The van der Waals surface area contributed by atoms with Gasteiger partial charge in [0.05, 0.1) is 12.3 Å². The minimum absolute atomic E-state index is 0.0160. The Hall–Kier alpha value is -3.08. The van der Waals surface area contributed by atoms with Gasteiger partial charge >= 0.3 is 0 Å². The van der Waals surface area contributed by atoms with Gasteiger partial charge in [0.15, 0.2) is 11.4 Å². The molecular weight excluding hydrogens is 378 g/mol. The zero-order valence-corrected chi connectivity index (χ0v) is 18.5. The average molecular weight is 408 g/mol. The van der Waals surface area contributed by atoms with Crippen molar-refractivity contribution in [1.82, 2.24) is 4.98 Å². The van der Waals surface area contributed by atoms with E-state index in [0.717, 1.165) is 33.9 Å². The fourth-order valence-electron chi connectivity index (χ4n) is 3.01. The highest BCUT2D eigenvalue weighted by molar-refractivity contribution is 5.84. The first-order valence-electron chi connectivity index (χ1n) is 10.1. The van der Waals surface area contributed by atoms with Crippen LogP contribution in [0.1, 0.15) is 43.4 Å². The fraction of sp³-hybridized carbons (Fsp3) is 0.360. The van der Waals surface area contributed by atoms with Gasteiger partial charge in [0, 0.05) is 12.0 Å². The summed E-state index contributed by atoms with van der Waals surface area (Å²) in [5.74, 6) is 2.91.